The second-order valence-electron chi connectivity index (χ2n) is 6.17. The number of thiazole rings is 1. The maximum atomic E-state index is 12.3. The third-order valence-corrected chi connectivity index (χ3v) is 7.09. The minimum atomic E-state index is -3.30. The number of aromatic nitrogens is 1. The minimum absolute atomic E-state index is 0.214. The van der Waals surface area contributed by atoms with Crippen molar-refractivity contribution in [1.29, 1.82) is 0 Å². The van der Waals surface area contributed by atoms with Crippen molar-refractivity contribution in [2.45, 2.75) is 17.2 Å². The Balaban J connectivity index is 1.86. The monoisotopic (exact) mass is 432 g/mol. The molecule has 28 heavy (non-hydrogen) atoms. The van der Waals surface area contributed by atoms with Crippen molar-refractivity contribution in [3.8, 4) is 0 Å². The van der Waals surface area contributed by atoms with E-state index in [9.17, 15) is 13.2 Å². The molecule has 0 aliphatic carbocycles. The molecule has 0 aliphatic heterocycles. The van der Waals surface area contributed by atoms with Crippen LogP contribution in [0, 0.1) is 0 Å². The predicted octanol–water partition coefficient (Wildman–Crippen LogP) is 3.65. The van der Waals surface area contributed by atoms with E-state index in [1.807, 2.05) is 34.9 Å². The van der Waals surface area contributed by atoms with Crippen molar-refractivity contribution in [2.24, 2.45) is 4.99 Å². The summed E-state index contributed by atoms with van der Waals surface area (Å²) in [5.41, 5.74) is 2.00. The van der Waals surface area contributed by atoms with E-state index in [-0.39, 0.29) is 16.6 Å². The molecule has 5 nitrogen and oxygen atoms in total. The SMILES string of the molecule is C=CCn1c(=NC(=O)CSCc2ccccc2)sc2cc(S(C)(=O)=O)ccc21. The zero-order valence-electron chi connectivity index (χ0n) is 15.4. The summed E-state index contributed by atoms with van der Waals surface area (Å²) < 4.78 is 26.3. The van der Waals surface area contributed by atoms with Crippen molar-refractivity contribution in [3.05, 3.63) is 71.6 Å². The molecule has 0 N–H and O–H groups in total. The number of thioether (sulfide) groups is 1. The Morgan fingerprint density at radius 1 is 1.25 bits per heavy atom. The number of nitrogens with zero attached hydrogens (tertiary/aromatic N) is 2. The van der Waals surface area contributed by atoms with Gasteiger partial charge in [0.05, 0.1) is 20.9 Å². The number of fused-ring (bicyclic) bond motifs is 1. The second kappa shape index (κ2) is 8.89. The molecule has 0 unspecified atom stereocenters. The largest absolute Gasteiger partial charge is 0.313 e. The molecule has 3 aromatic rings. The lowest BCUT2D eigenvalue weighted by molar-refractivity contribution is -0.115. The van der Waals surface area contributed by atoms with E-state index >= 15 is 0 Å². The number of hydrogen-bond acceptors (Lipinski definition) is 5. The summed E-state index contributed by atoms with van der Waals surface area (Å²) in [4.78, 5) is 17.4. The van der Waals surface area contributed by atoms with Crippen molar-refractivity contribution >= 4 is 49.1 Å². The van der Waals surface area contributed by atoms with E-state index in [2.05, 4.69) is 11.6 Å². The Morgan fingerprint density at radius 2 is 2.00 bits per heavy atom. The van der Waals surface area contributed by atoms with Crippen molar-refractivity contribution < 1.29 is 13.2 Å². The fourth-order valence-electron chi connectivity index (χ4n) is 2.64. The maximum absolute atomic E-state index is 12.3. The number of carbonyl (C=O) groups excluding carboxylic acids is 1. The second-order valence-corrected chi connectivity index (χ2v) is 10.2. The number of benzene rings is 2. The lowest BCUT2D eigenvalue weighted by atomic mass is 10.2. The molecule has 8 heteroatoms. The van der Waals surface area contributed by atoms with E-state index in [0.29, 0.717) is 11.3 Å². The first-order chi connectivity index (χ1) is 13.4. The van der Waals surface area contributed by atoms with Crippen LogP contribution in [-0.2, 0) is 26.9 Å². The topological polar surface area (TPSA) is 68.5 Å². The first-order valence-electron chi connectivity index (χ1n) is 8.52. The summed E-state index contributed by atoms with van der Waals surface area (Å²) in [5.74, 6) is 0.818. The number of sulfone groups is 1. The molecule has 0 saturated heterocycles. The van der Waals surface area contributed by atoms with Gasteiger partial charge in [-0.3, -0.25) is 4.79 Å². The molecular weight excluding hydrogens is 412 g/mol. The number of rotatable bonds is 7. The molecular formula is C20H20N2O3S3. The summed E-state index contributed by atoms with van der Waals surface area (Å²) in [6.45, 7) is 4.25. The number of allylic oxidation sites excluding steroid dienone is 1. The zero-order valence-corrected chi connectivity index (χ0v) is 17.8. The Kier molecular flexibility index (Phi) is 6.53. The number of amides is 1. The molecule has 0 bridgehead atoms. The van der Waals surface area contributed by atoms with Gasteiger partial charge in [-0.2, -0.15) is 4.99 Å². The van der Waals surface area contributed by atoms with Crippen LogP contribution in [0.2, 0.25) is 0 Å². The van der Waals surface area contributed by atoms with Crippen LogP contribution in [0.1, 0.15) is 5.56 Å². The summed E-state index contributed by atoms with van der Waals surface area (Å²) in [5, 5.41) is 0. The van der Waals surface area contributed by atoms with Gasteiger partial charge in [0, 0.05) is 18.6 Å². The zero-order chi connectivity index (χ0) is 20.1. The summed E-state index contributed by atoms with van der Waals surface area (Å²) in [6.07, 6.45) is 2.91. The van der Waals surface area contributed by atoms with Crippen LogP contribution < -0.4 is 4.80 Å². The molecule has 146 valence electrons. The van der Waals surface area contributed by atoms with E-state index in [1.54, 1.807) is 24.3 Å². The number of hydrogen-bond donors (Lipinski definition) is 0. The third-order valence-electron chi connectivity index (χ3n) is 3.95. The normalized spacial score (nSPS) is 12.4. The van der Waals surface area contributed by atoms with Gasteiger partial charge in [0.25, 0.3) is 5.91 Å². The van der Waals surface area contributed by atoms with Crippen LogP contribution in [0.3, 0.4) is 0 Å². The average Bonchev–Trinajstić information content (AvgIpc) is 2.99. The Morgan fingerprint density at radius 3 is 2.68 bits per heavy atom. The standard InChI is InChI=1S/C20H20N2O3S3/c1-3-11-22-17-10-9-16(28(2,24)25)12-18(17)27-20(22)21-19(23)14-26-13-15-7-5-4-6-8-15/h3-10,12H,1,11,13-14H2,2H3. The molecule has 3 rings (SSSR count). The molecule has 0 atom stereocenters. The Labute approximate surface area is 172 Å². The fraction of sp³-hybridized carbons (Fsp3) is 0.200. The molecule has 0 saturated carbocycles. The lowest BCUT2D eigenvalue weighted by Gasteiger charge is -2.02. The Hall–Kier alpha value is -2.16. The van der Waals surface area contributed by atoms with Gasteiger partial charge in [0.2, 0.25) is 0 Å². The van der Waals surface area contributed by atoms with Gasteiger partial charge >= 0.3 is 0 Å². The lowest BCUT2D eigenvalue weighted by Crippen LogP contribution is -2.16. The first-order valence-corrected chi connectivity index (χ1v) is 12.4. The maximum Gasteiger partial charge on any atom is 0.258 e. The van der Waals surface area contributed by atoms with Crippen LogP contribution >= 0.6 is 23.1 Å². The van der Waals surface area contributed by atoms with Crippen molar-refractivity contribution in [1.82, 2.24) is 4.57 Å². The fourth-order valence-corrected chi connectivity index (χ4v) is 5.23. The third kappa shape index (κ3) is 5.01. The van der Waals surface area contributed by atoms with Crippen LogP contribution in [0.5, 0.6) is 0 Å². The van der Waals surface area contributed by atoms with Gasteiger partial charge in [-0.1, -0.05) is 47.7 Å². The van der Waals surface area contributed by atoms with Gasteiger partial charge in [-0.05, 0) is 23.8 Å². The van der Waals surface area contributed by atoms with Crippen LogP contribution in [0.15, 0.2) is 71.1 Å². The molecule has 0 spiro atoms. The van der Waals surface area contributed by atoms with E-state index < -0.39 is 9.84 Å². The molecule has 1 heterocycles. The van der Waals surface area contributed by atoms with E-state index in [4.69, 9.17) is 0 Å². The molecule has 0 radical (unpaired) electrons. The van der Waals surface area contributed by atoms with Gasteiger partial charge in [-0.15, -0.1) is 18.3 Å². The predicted molar refractivity (Wildman–Crippen MR) is 116 cm³/mol. The van der Waals surface area contributed by atoms with E-state index in [1.165, 1.54) is 29.4 Å². The van der Waals surface area contributed by atoms with Crippen molar-refractivity contribution in [3.63, 3.8) is 0 Å². The molecule has 0 fully saturated rings. The number of carbonyl (C=O) groups is 1. The summed E-state index contributed by atoms with van der Waals surface area (Å²) >= 11 is 2.82. The highest BCUT2D eigenvalue weighted by Crippen LogP contribution is 2.22. The quantitative estimate of drug-likeness (QED) is 0.535. The van der Waals surface area contributed by atoms with Crippen LogP contribution in [0.4, 0.5) is 0 Å². The molecule has 0 aliphatic rings. The van der Waals surface area contributed by atoms with Crippen LogP contribution in [-0.4, -0.2) is 30.9 Å². The minimum Gasteiger partial charge on any atom is -0.313 e. The average molecular weight is 433 g/mol. The Bertz CT molecular complexity index is 1180. The molecule has 1 aromatic heterocycles. The highest BCUT2D eigenvalue weighted by atomic mass is 32.2. The van der Waals surface area contributed by atoms with Crippen molar-refractivity contribution in [2.75, 3.05) is 12.0 Å². The first kappa shape index (κ1) is 20.6. The van der Waals surface area contributed by atoms with E-state index in [0.717, 1.165) is 21.5 Å². The van der Waals surface area contributed by atoms with Gasteiger partial charge in [-0.25, -0.2) is 8.42 Å². The van der Waals surface area contributed by atoms with Crippen LogP contribution in [0.25, 0.3) is 10.2 Å². The molecule has 1 amide bonds. The van der Waals surface area contributed by atoms with Gasteiger partial charge in [0.15, 0.2) is 14.6 Å². The summed E-state index contributed by atoms with van der Waals surface area (Å²) in [7, 11) is -3.30. The summed E-state index contributed by atoms with van der Waals surface area (Å²) in [6, 6.07) is 14.9. The van der Waals surface area contributed by atoms with Gasteiger partial charge in [0.1, 0.15) is 0 Å². The highest BCUT2D eigenvalue weighted by molar-refractivity contribution is 7.99. The highest BCUT2D eigenvalue weighted by Gasteiger charge is 2.12. The van der Waals surface area contributed by atoms with Gasteiger partial charge < -0.3 is 4.57 Å². The molecule has 2 aromatic carbocycles. The smallest absolute Gasteiger partial charge is 0.258 e.